The summed E-state index contributed by atoms with van der Waals surface area (Å²) >= 11 is 1.64. The number of nitrogens with zero attached hydrogens (tertiary/aromatic N) is 3. The lowest BCUT2D eigenvalue weighted by molar-refractivity contribution is -0.132. The molecule has 1 aliphatic heterocycles. The molecular weight excluding hydrogens is 306 g/mol. The quantitative estimate of drug-likeness (QED) is 0.865. The number of aromatic nitrogens is 2. The molecule has 5 heteroatoms. The van der Waals surface area contributed by atoms with Gasteiger partial charge in [-0.2, -0.15) is 0 Å². The highest BCUT2D eigenvalue weighted by atomic mass is 32.1. The number of carbonyl (C=O) groups excluding carboxylic acids is 1. The van der Waals surface area contributed by atoms with E-state index in [2.05, 4.69) is 16.0 Å². The monoisotopic (exact) mass is 329 g/mol. The molecular formula is C18H23N3OS. The number of piperidine rings is 1. The fourth-order valence-corrected chi connectivity index (χ4v) is 4.19. The number of amides is 1. The van der Waals surface area contributed by atoms with E-state index in [1.165, 1.54) is 6.42 Å². The molecule has 0 spiro atoms. The summed E-state index contributed by atoms with van der Waals surface area (Å²) in [7, 11) is 0. The van der Waals surface area contributed by atoms with Crippen LogP contribution in [-0.2, 0) is 17.6 Å². The van der Waals surface area contributed by atoms with Crippen molar-refractivity contribution in [2.24, 2.45) is 5.92 Å². The molecule has 0 bridgehead atoms. The van der Waals surface area contributed by atoms with Gasteiger partial charge in [-0.05, 0) is 51.2 Å². The first-order chi connectivity index (χ1) is 11.1. The molecule has 23 heavy (non-hydrogen) atoms. The Hall–Kier alpha value is -1.75. The van der Waals surface area contributed by atoms with Crippen molar-refractivity contribution in [1.29, 1.82) is 0 Å². The van der Waals surface area contributed by atoms with Crippen LogP contribution in [0.5, 0.6) is 0 Å². The van der Waals surface area contributed by atoms with Crippen LogP contribution in [0.15, 0.2) is 24.4 Å². The van der Waals surface area contributed by atoms with Crippen LogP contribution in [0.1, 0.15) is 34.1 Å². The third-order valence-corrected chi connectivity index (χ3v) is 5.48. The van der Waals surface area contributed by atoms with Crippen LogP contribution < -0.4 is 0 Å². The third-order valence-electron chi connectivity index (χ3n) is 4.41. The predicted octanol–water partition coefficient (Wildman–Crippen LogP) is 3.18. The molecule has 4 nitrogen and oxygen atoms in total. The molecule has 0 radical (unpaired) electrons. The van der Waals surface area contributed by atoms with Crippen LogP contribution >= 0.6 is 11.3 Å². The molecule has 122 valence electrons. The van der Waals surface area contributed by atoms with Crippen molar-refractivity contribution in [3.63, 3.8) is 0 Å². The number of aryl methyl sites for hydroxylation is 2. The van der Waals surface area contributed by atoms with E-state index in [4.69, 9.17) is 0 Å². The average molecular weight is 329 g/mol. The van der Waals surface area contributed by atoms with E-state index in [1.807, 2.05) is 37.1 Å². The van der Waals surface area contributed by atoms with Crippen LogP contribution in [0.2, 0.25) is 0 Å². The molecule has 3 heterocycles. The molecule has 0 saturated carbocycles. The van der Waals surface area contributed by atoms with Gasteiger partial charge in [0.1, 0.15) is 0 Å². The van der Waals surface area contributed by atoms with Crippen molar-refractivity contribution < 1.29 is 4.79 Å². The second kappa shape index (κ2) is 7.21. The zero-order valence-corrected chi connectivity index (χ0v) is 14.6. The van der Waals surface area contributed by atoms with Gasteiger partial charge >= 0.3 is 0 Å². The lowest BCUT2D eigenvalue weighted by Crippen LogP contribution is -2.41. The normalized spacial score (nSPS) is 18.2. The summed E-state index contributed by atoms with van der Waals surface area (Å²) in [5, 5.41) is 1.04. The summed E-state index contributed by atoms with van der Waals surface area (Å²) in [5.74, 6) is 0.759. The van der Waals surface area contributed by atoms with Crippen LogP contribution in [0.25, 0.3) is 0 Å². The van der Waals surface area contributed by atoms with Crippen molar-refractivity contribution in [1.82, 2.24) is 14.9 Å². The summed E-state index contributed by atoms with van der Waals surface area (Å²) in [4.78, 5) is 24.6. The zero-order chi connectivity index (χ0) is 16.2. The highest BCUT2D eigenvalue weighted by Crippen LogP contribution is 2.23. The van der Waals surface area contributed by atoms with E-state index in [0.717, 1.165) is 47.2 Å². The summed E-state index contributed by atoms with van der Waals surface area (Å²) in [6.07, 6.45) is 5.57. The van der Waals surface area contributed by atoms with Gasteiger partial charge in [-0.25, -0.2) is 4.98 Å². The fourth-order valence-electron chi connectivity index (χ4n) is 3.26. The first kappa shape index (κ1) is 16.1. The molecule has 1 amide bonds. The van der Waals surface area contributed by atoms with Crippen molar-refractivity contribution in [2.45, 2.75) is 39.5 Å². The molecule has 0 aliphatic carbocycles. The first-order valence-corrected chi connectivity index (χ1v) is 9.04. The van der Waals surface area contributed by atoms with Gasteiger partial charge in [-0.3, -0.25) is 9.78 Å². The van der Waals surface area contributed by atoms with Crippen LogP contribution in [0, 0.1) is 19.8 Å². The Kier molecular flexibility index (Phi) is 5.06. The van der Waals surface area contributed by atoms with E-state index in [-0.39, 0.29) is 5.91 Å². The second-order valence-electron chi connectivity index (χ2n) is 6.29. The topological polar surface area (TPSA) is 46.1 Å². The largest absolute Gasteiger partial charge is 0.342 e. The van der Waals surface area contributed by atoms with Crippen molar-refractivity contribution in [3.05, 3.63) is 45.7 Å². The molecule has 1 unspecified atom stereocenters. The lowest BCUT2D eigenvalue weighted by Gasteiger charge is -2.32. The van der Waals surface area contributed by atoms with E-state index in [0.29, 0.717) is 12.3 Å². The molecule has 0 N–H and O–H groups in total. The molecule has 1 aliphatic rings. The Morgan fingerprint density at radius 2 is 2.26 bits per heavy atom. The fraction of sp³-hybridized carbons (Fsp3) is 0.500. The van der Waals surface area contributed by atoms with Crippen LogP contribution in [-0.4, -0.2) is 33.9 Å². The van der Waals surface area contributed by atoms with Crippen LogP contribution in [0.4, 0.5) is 0 Å². The summed E-state index contributed by atoms with van der Waals surface area (Å²) in [5.41, 5.74) is 2.13. The summed E-state index contributed by atoms with van der Waals surface area (Å²) < 4.78 is 0. The minimum absolute atomic E-state index is 0.238. The molecule has 0 aromatic carbocycles. The number of rotatable bonds is 4. The van der Waals surface area contributed by atoms with Gasteiger partial charge in [0.2, 0.25) is 5.91 Å². The summed E-state index contributed by atoms with van der Waals surface area (Å²) in [6.45, 7) is 5.72. The average Bonchev–Trinajstić information content (AvgIpc) is 2.86. The van der Waals surface area contributed by atoms with Gasteiger partial charge < -0.3 is 4.90 Å². The Labute approximate surface area is 141 Å². The van der Waals surface area contributed by atoms with Gasteiger partial charge in [-0.15, -0.1) is 11.3 Å². The molecule has 1 fully saturated rings. The number of thiazole rings is 1. The molecule has 1 saturated heterocycles. The maximum absolute atomic E-state index is 12.6. The number of hydrogen-bond acceptors (Lipinski definition) is 4. The number of likely N-dealkylation sites (tertiary alicyclic amines) is 1. The van der Waals surface area contributed by atoms with Crippen LogP contribution in [0.3, 0.4) is 0 Å². The number of pyridine rings is 1. The van der Waals surface area contributed by atoms with Gasteiger partial charge in [-0.1, -0.05) is 6.07 Å². The van der Waals surface area contributed by atoms with Gasteiger partial charge in [0, 0.05) is 29.9 Å². The first-order valence-electron chi connectivity index (χ1n) is 8.22. The van der Waals surface area contributed by atoms with Crippen molar-refractivity contribution in [2.75, 3.05) is 13.1 Å². The van der Waals surface area contributed by atoms with Gasteiger partial charge in [0.05, 0.1) is 17.1 Å². The molecule has 2 aromatic heterocycles. The number of carbonyl (C=O) groups is 1. The summed E-state index contributed by atoms with van der Waals surface area (Å²) in [6, 6.07) is 6.05. The molecule has 3 rings (SSSR count). The SMILES string of the molecule is Cc1nc(C)c(CC(=O)N2CCCC(Cc3ccccn3)C2)s1. The maximum atomic E-state index is 12.6. The van der Waals surface area contributed by atoms with E-state index in [1.54, 1.807) is 11.3 Å². The maximum Gasteiger partial charge on any atom is 0.227 e. The molecule has 1 atom stereocenters. The van der Waals surface area contributed by atoms with E-state index >= 15 is 0 Å². The highest BCUT2D eigenvalue weighted by molar-refractivity contribution is 7.11. The predicted molar refractivity (Wildman–Crippen MR) is 92.5 cm³/mol. The number of hydrogen-bond donors (Lipinski definition) is 0. The van der Waals surface area contributed by atoms with E-state index in [9.17, 15) is 4.79 Å². The zero-order valence-electron chi connectivity index (χ0n) is 13.8. The standard InChI is InChI=1S/C18H23N3OS/c1-13-17(23-14(2)20-13)11-18(22)21-9-5-6-15(12-21)10-16-7-3-4-8-19-16/h3-4,7-8,15H,5-6,9-12H2,1-2H3. The van der Waals surface area contributed by atoms with Gasteiger partial charge in [0.15, 0.2) is 0 Å². The minimum atomic E-state index is 0.238. The Morgan fingerprint density at radius 1 is 1.39 bits per heavy atom. The minimum Gasteiger partial charge on any atom is -0.342 e. The lowest BCUT2D eigenvalue weighted by atomic mass is 9.93. The Bertz CT molecular complexity index is 668. The Balaban J connectivity index is 1.59. The third kappa shape index (κ3) is 4.16. The van der Waals surface area contributed by atoms with Crippen molar-refractivity contribution >= 4 is 17.2 Å². The van der Waals surface area contributed by atoms with Crippen molar-refractivity contribution in [3.8, 4) is 0 Å². The van der Waals surface area contributed by atoms with E-state index < -0.39 is 0 Å². The smallest absolute Gasteiger partial charge is 0.227 e. The Morgan fingerprint density at radius 3 is 2.96 bits per heavy atom. The highest BCUT2D eigenvalue weighted by Gasteiger charge is 2.25. The van der Waals surface area contributed by atoms with Gasteiger partial charge in [0.25, 0.3) is 0 Å². The second-order valence-corrected chi connectivity index (χ2v) is 7.58. The molecule has 2 aromatic rings.